The summed E-state index contributed by atoms with van der Waals surface area (Å²) >= 11 is 1.79. The van der Waals surface area contributed by atoms with Crippen LogP contribution in [0.1, 0.15) is 55.5 Å². The fraction of sp³-hybridized carbons (Fsp3) is 0.714. The molecule has 0 radical (unpaired) electrons. The summed E-state index contributed by atoms with van der Waals surface area (Å²) in [7, 11) is 0. The SMILES string of the molecule is CC(CCCC(F)(F)F)NC1CCCc2sccc21. The number of rotatable bonds is 5. The quantitative estimate of drug-likeness (QED) is 0.819. The molecule has 1 nitrogen and oxygen atoms in total. The van der Waals surface area contributed by atoms with E-state index in [-0.39, 0.29) is 12.5 Å². The zero-order chi connectivity index (χ0) is 13.9. The van der Waals surface area contributed by atoms with Gasteiger partial charge in [0, 0.05) is 23.4 Å². The number of aryl methyl sites for hydroxylation is 1. The van der Waals surface area contributed by atoms with E-state index in [9.17, 15) is 13.2 Å². The van der Waals surface area contributed by atoms with E-state index in [1.165, 1.54) is 16.9 Å². The average molecular weight is 291 g/mol. The van der Waals surface area contributed by atoms with Gasteiger partial charge in [0.25, 0.3) is 0 Å². The molecule has 0 spiro atoms. The number of alkyl halides is 3. The van der Waals surface area contributed by atoms with Gasteiger partial charge in [-0.1, -0.05) is 0 Å². The molecule has 1 N–H and O–H groups in total. The number of hydrogen-bond acceptors (Lipinski definition) is 2. The van der Waals surface area contributed by atoms with Crippen LogP contribution in [0, 0.1) is 0 Å². The van der Waals surface area contributed by atoms with Crippen molar-refractivity contribution in [3.05, 3.63) is 21.9 Å². The van der Waals surface area contributed by atoms with Crippen LogP contribution < -0.4 is 5.32 Å². The molecule has 1 aliphatic carbocycles. The van der Waals surface area contributed by atoms with Crippen molar-refractivity contribution in [3.63, 3.8) is 0 Å². The highest BCUT2D eigenvalue weighted by Gasteiger charge is 2.27. The fourth-order valence-electron chi connectivity index (χ4n) is 2.70. The molecule has 1 heterocycles. The summed E-state index contributed by atoms with van der Waals surface area (Å²) in [5, 5.41) is 5.60. The van der Waals surface area contributed by atoms with E-state index < -0.39 is 12.6 Å². The van der Waals surface area contributed by atoms with E-state index in [1.807, 2.05) is 6.92 Å². The summed E-state index contributed by atoms with van der Waals surface area (Å²) in [6.07, 6.45) is -0.504. The van der Waals surface area contributed by atoms with Crippen LogP contribution in [-0.4, -0.2) is 12.2 Å². The van der Waals surface area contributed by atoms with E-state index in [4.69, 9.17) is 0 Å². The first-order chi connectivity index (χ1) is 8.96. The van der Waals surface area contributed by atoms with Crippen LogP contribution in [-0.2, 0) is 6.42 Å². The predicted octanol–water partition coefficient (Wildman–Crippen LogP) is 4.84. The van der Waals surface area contributed by atoms with Crippen molar-refractivity contribution < 1.29 is 13.2 Å². The van der Waals surface area contributed by atoms with Gasteiger partial charge in [0.15, 0.2) is 0 Å². The Morgan fingerprint density at radius 3 is 3.00 bits per heavy atom. The first kappa shape index (κ1) is 14.9. The molecular formula is C14H20F3NS. The van der Waals surface area contributed by atoms with E-state index in [1.54, 1.807) is 11.3 Å². The van der Waals surface area contributed by atoms with Crippen LogP contribution in [0.2, 0.25) is 0 Å². The van der Waals surface area contributed by atoms with Gasteiger partial charge in [-0.05, 0) is 56.0 Å². The fourth-order valence-corrected chi connectivity index (χ4v) is 3.68. The standard InChI is InChI=1S/C14H20F3NS/c1-10(4-3-8-14(15,16)17)18-12-5-2-6-13-11(12)7-9-19-13/h7,9-10,12,18H,2-6,8H2,1H3. The Kier molecular flexibility index (Phi) is 4.90. The van der Waals surface area contributed by atoms with E-state index in [0.29, 0.717) is 12.5 Å². The zero-order valence-electron chi connectivity index (χ0n) is 11.1. The van der Waals surface area contributed by atoms with Crippen LogP contribution in [0.5, 0.6) is 0 Å². The molecule has 0 amide bonds. The van der Waals surface area contributed by atoms with Gasteiger partial charge < -0.3 is 5.32 Å². The summed E-state index contributed by atoms with van der Waals surface area (Å²) in [5.74, 6) is 0. The lowest BCUT2D eigenvalue weighted by Gasteiger charge is -2.27. The van der Waals surface area contributed by atoms with Crippen molar-refractivity contribution in [1.82, 2.24) is 5.32 Å². The summed E-state index contributed by atoms with van der Waals surface area (Å²) in [4.78, 5) is 1.44. The van der Waals surface area contributed by atoms with E-state index >= 15 is 0 Å². The first-order valence-electron chi connectivity index (χ1n) is 6.85. The highest BCUT2D eigenvalue weighted by molar-refractivity contribution is 7.10. The second-order valence-electron chi connectivity index (χ2n) is 5.32. The second-order valence-corrected chi connectivity index (χ2v) is 6.32. The van der Waals surface area contributed by atoms with E-state index in [2.05, 4.69) is 16.8 Å². The molecule has 1 aliphatic rings. The molecule has 0 bridgehead atoms. The van der Waals surface area contributed by atoms with Crippen LogP contribution in [0.25, 0.3) is 0 Å². The molecule has 0 aliphatic heterocycles. The summed E-state index contributed by atoms with van der Waals surface area (Å²) in [5.41, 5.74) is 1.36. The number of fused-ring (bicyclic) bond motifs is 1. The highest BCUT2D eigenvalue weighted by Crippen LogP contribution is 2.33. The Bertz CT molecular complexity index is 400. The molecule has 2 atom stereocenters. The average Bonchev–Trinajstić information content (AvgIpc) is 2.76. The lowest BCUT2D eigenvalue weighted by Crippen LogP contribution is -2.32. The van der Waals surface area contributed by atoms with Gasteiger partial charge in [-0.25, -0.2) is 0 Å². The number of nitrogens with one attached hydrogen (secondary N) is 1. The van der Waals surface area contributed by atoms with Crippen LogP contribution in [0.3, 0.4) is 0 Å². The Hall–Kier alpha value is -0.550. The first-order valence-corrected chi connectivity index (χ1v) is 7.73. The van der Waals surface area contributed by atoms with Crippen LogP contribution in [0.4, 0.5) is 13.2 Å². The molecule has 5 heteroatoms. The molecule has 1 aromatic heterocycles. The van der Waals surface area contributed by atoms with Gasteiger partial charge in [-0.15, -0.1) is 11.3 Å². The van der Waals surface area contributed by atoms with Gasteiger partial charge in [0.05, 0.1) is 0 Å². The topological polar surface area (TPSA) is 12.0 Å². The molecular weight excluding hydrogens is 271 g/mol. The van der Waals surface area contributed by atoms with Gasteiger partial charge >= 0.3 is 6.18 Å². The Labute approximate surface area is 116 Å². The normalized spacial score (nSPS) is 21.2. The lowest BCUT2D eigenvalue weighted by atomic mass is 9.93. The molecule has 1 aromatic rings. The van der Waals surface area contributed by atoms with Gasteiger partial charge in [0.2, 0.25) is 0 Å². The number of halogens is 3. The van der Waals surface area contributed by atoms with Crippen LogP contribution >= 0.6 is 11.3 Å². The third-order valence-corrected chi connectivity index (χ3v) is 4.63. The van der Waals surface area contributed by atoms with Crippen molar-refractivity contribution in [2.24, 2.45) is 0 Å². The maximum absolute atomic E-state index is 12.1. The van der Waals surface area contributed by atoms with Crippen molar-refractivity contribution in [1.29, 1.82) is 0 Å². The minimum absolute atomic E-state index is 0.137. The van der Waals surface area contributed by atoms with Crippen LogP contribution in [0.15, 0.2) is 11.4 Å². The maximum Gasteiger partial charge on any atom is 0.389 e. The molecule has 2 rings (SSSR count). The molecule has 108 valence electrons. The van der Waals surface area contributed by atoms with Crippen molar-refractivity contribution in [2.75, 3.05) is 0 Å². The third-order valence-electron chi connectivity index (χ3n) is 3.64. The maximum atomic E-state index is 12.1. The molecule has 0 saturated heterocycles. The van der Waals surface area contributed by atoms with Crippen molar-refractivity contribution in [3.8, 4) is 0 Å². The Balaban J connectivity index is 1.79. The van der Waals surface area contributed by atoms with Gasteiger partial charge in [0.1, 0.15) is 0 Å². The second kappa shape index (κ2) is 6.27. The summed E-state index contributed by atoms with van der Waals surface area (Å²) in [6, 6.07) is 2.62. The minimum atomic E-state index is -4.02. The third kappa shape index (κ3) is 4.49. The van der Waals surface area contributed by atoms with E-state index in [0.717, 1.165) is 12.8 Å². The molecule has 0 aromatic carbocycles. The smallest absolute Gasteiger partial charge is 0.307 e. The number of hydrogen-bond donors (Lipinski definition) is 1. The highest BCUT2D eigenvalue weighted by atomic mass is 32.1. The predicted molar refractivity (Wildman–Crippen MR) is 72.5 cm³/mol. The lowest BCUT2D eigenvalue weighted by molar-refractivity contribution is -0.135. The Morgan fingerprint density at radius 1 is 1.47 bits per heavy atom. The molecule has 0 saturated carbocycles. The monoisotopic (exact) mass is 291 g/mol. The van der Waals surface area contributed by atoms with Crippen molar-refractivity contribution >= 4 is 11.3 Å². The number of thiophene rings is 1. The summed E-state index contributed by atoms with van der Waals surface area (Å²) in [6.45, 7) is 1.98. The molecule has 2 unspecified atom stereocenters. The van der Waals surface area contributed by atoms with Gasteiger partial charge in [-0.2, -0.15) is 13.2 Å². The Morgan fingerprint density at radius 2 is 2.26 bits per heavy atom. The summed E-state index contributed by atoms with van der Waals surface area (Å²) < 4.78 is 36.3. The molecule has 0 fully saturated rings. The largest absolute Gasteiger partial charge is 0.389 e. The minimum Gasteiger partial charge on any atom is -0.307 e. The molecule has 19 heavy (non-hydrogen) atoms. The zero-order valence-corrected chi connectivity index (χ0v) is 11.9. The van der Waals surface area contributed by atoms with Crippen molar-refractivity contribution in [2.45, 2.75) is 63.7 Å². The van der Waals surface area contributed by atoms with Gasteiger partial charge in [-0.3, -0.25) is 0 Å².